The molecule has 0 atom stereocenters. The van der Waals surface area contributed by atoms with Crippen LogP contribution in [0.2, 0.25) is 0 Å². The first-order valence-corrected chi connectivity index (χ1v) is 6.11. The van der Waals surface area contributed by atoms with E-state index in [1.165, 1.54) is 6.07 Å². The molecule has 0 saturated heterocycles. The third-order valence-corrected chi connectivity index (χ3v) is 2.79. The highest BCUT2D eigenvalue weighted by Crippen LogP contribution is 2.07. The van der Waals surface area contributed by atoms with Crippen molar-refractivity contribution in [1.82, 2.24) is 5.32 Å². The molecule has 2 N–H and O–H groups in total. The highest BCUT2D eigenvalue weighted by molar-refractivity contribution is 7.99. The van der Waals surface area contributed by atoms with Crippen molar-refractivity contribution in [2.75, 3.05) is 18.1 Å². The summed E-state index contributed by atoms with van der Waals surface area (Å²) < 4.78 is 5.09. The molecule has 0 spiro atoms. The molecule has 0 radical (unpaired) electrons. The summed E-state index contributed by atoms with van der Waals surface area (Å²) in [5.41, 5.74) is 0. The number of carboxylic acid groups (broad SMARTS) is 1. The maximum atomic E-state index is 10.5. The molecule has 0 bridgehead atoms. The molecule has 1 aromatic heterocycles. The summed E-state index contributed by atoms with van der Waals surface area (Å²) in [5.74, 6) is 1.54. The predicted octanol–water partition coefficient (Wildman–Crippen LogP) is 1.99. The van der Waals surface area contributed by atoms with E-state index in [1.807, 2.05) is 6.08 Å². The number of nitrogens with one attached hydrogen (secondary N) is 1. The van der Waals surface area contributed by atoms with Crippen molar-refractivity contribution in [2.45, 2.75) is 6.54 Å². The minimum absolute atomic E-state index is 0.0159. The van der Waals surface area contributed by atoms with E-state index in [4.69, 9.17) is 9.52 Å². The lowest BCUT2D eigenvalue weighted by Crippen LogP contribution is -2.16. The molecule has 5 heteroatoms. The molecular formula is C11H15NO3S. The van der Waals surface area contributed by atoms with Gasteiger partial charge >= 0.3 is 5.97 Å². The van der Waals surface area contributed by atoms with Crippen LogP contribution >= 0.6 is 11.8 Å². The van der Waals surface area contributed by atoms with Gasteiger partial charge in [-0.05, 0) is 12.1 Å². The Labute approximate surface area is 98.7 Å². The van der Waals surface area contributed by atoms with E-state index in [1.54, 1.807) is 17.8 Å². The molecule has 88 valence electrons. The van der Waals surface area contributed by atoms with Gasteiger partial charge in [-0.2, -0.15) is 11.8 Å². The number of carbonyl (C=O) groups is 1. The second-order valence-electron chi connectivity index (χ2n) is 3.11. The molecule has 0 unspecified atom stereocenters. The van der Waals surface area contributed by atoms with Crippen LogP contribution in [0.1, 0.15) is 16.3 Å². The highest BCUT2D eigenvalue weighted by atomic mass is 32.2. The van der Waals surface area contributed by atoms with Crippen LogP contribution in [0.3, 0.4) is 0 Å². The molecule has 0 aromatic carbocycles. The average Bonchev–Trinajstić information content (AvgIpc) is 2.72. The van der Waals surface area contributed by atoms with Gasteiger partial charge in [-0.3, -0.25) is 0 Å². The van der Waals surface area contributed by atoms with Gasteiger partial charge in [0.1, 0.15) is 5.76 Å². The maximum Gasteiger partial charge on any atom is 0.371 e. The van der Waals surface area contributed by atoms with E-state index in [0.29, 0.717) is 12.3 Å². The van der Waals surface area contributed by atoms with E-state index < -0.39 is 5.97 Å². The first-order valence-electron chi connectivity index (χ1n) is 4.95. The second kappa shape index (κ2) is 7.14. The SMILES string of the molecule is C=CCSCCNCc1ccc(C(=O)O)o1. The fraction of sp³-hybridized carbons (Fsp3) is 0.364. The van der Waals surface area contributed by atoms with Gasteiger partial charge in [-0.25, -0.2) is 4.79 Å². The maximum absolute atomic E-state index is 10.5. The van der Waals surface area contributed by atoms with Crippen LogP contribution in [0.4, 0.5) is 0 Å². The molecule has 0 saturated carbocycles. The van der Waals surface area contributed by atoms with E-state index in [0.717, 1.165) is 18.1 Å². The van der Waals surface area contributed by atoms with Crippen LogP contribution < -0.4 is 5.32 Å². The summed E-state index contributed by atoms with van der Waals surface area (Å²) in [6, 6.07) is 3.14. The minimum Gasteiger partial charge on any atom is -0.475 e. The molecular weight excluding hydrogens is 226 g/mol. The Morgan fingerprint density at radius 2 is 2.44 bits per heavy atom. The molecule has 0 aliphatic carbocycles. The van der Waals surface area contributed by atoms with Gasteiger partial charge < -0.3 is 14.8 Å². The number of hydrogen-bond donors (Lipinski definition) is 2. The number of aromatic carboxylic acids is 1. The van der Waals surface area contributed by atoms with Crippen molar-refractivity contribution in [2.24, 2.45) is 0 Å². The smallest absolute Gasteiger partial charge is 0.371 e. The van der Waals surface area contributed by atoms with Crippen LogP contribution in [-0.2, 0) is 6.54 Å². The minimum atomic E-state index is -1.03. The molecule has 4 nitrogen and oxygen atoms in total. The number of rotatable bonds is 8. The Morgan fingerprint density at radius 3 is 3.06 bits per heavy atom. The van der Waals surface area contributed by atoms with Crippen molar-refractivity contribution in [1.29, 1.82) is 0 Å². The van der Waals surface area contributed by atoms with Gasteiger partial charge in [-0.15, -0.1) is 6.58 Å². The van der Waals surface area contributed by atoms with Crippen LogP contribution in [0.25, 0.3) is 0 Å². The second-order valence-corrected chi connectivity index (χ2v) is 4.26. The number of carboxylic acids is 1. The summed E-state index contributed by atoms with van der Waals surface area (Å²) in [6.45, 7) is 5.05. The highest BCUT2D eigenvalue weighted by Gasteiger charge is 2.07. The third kappa shape index (κ3) is 4.55. The van der Waals surface area contributed by atoms with Crippen LogP contribution in [0.15, 0.2) is 29.2 Å². The lowest BCUT2D eigenvalue weighted by atomic mass is 10.4. The monoisotopic (exact) mass is 241 g/mol. The van der Waals surface area contributed by atoms with E-state index in [-0.39, 0.29) is 5.76 Å². The van der Waals surface area contributed by atoms with E-state index in [9.17, 15) is 4.79 Å². The zero-order chi connectivity index (χ0) is 11.8. The number of furan rings is 1. The normalized spacial score (nSPS) is 10.2. The van der Waals surface area contributed by atoms with Gasteiger partial charge in [-0.1, -0.05) is 6.08 Å². The largest absolute Gasteiger partial charge is 0.475 e. The Hall–Kier alpha value is -1.20. The molecule has 0 amide bonds. The lowest BCUT2D eigenvalue weighted by molar-refractivity contribution is 0.0660. The van der Waals surface area contributed by atoms with Gasteiger partial charge in [0.25, 0.3) is 0 Å². The Balaban J connectivity index is 2.16. The third-order valence-electron chi connectivity index (χ3n) is 1.83. The molecule has 0 fully saturated rings. The lowest BCUT2D eigenvalue weighted by Gasteiger charge is -2.01. The van der Waals surface area contributed by atoms with Crippen molar-refractivity contribution in [3.8, 4) is 0 Å². The fourth-order valence-corrected chi connectivity index (χ4v) is 1.73. The Kier molecular flexibility index (Phi) is 5.74. The average molecular weight is 241 g/mol. The van der Waals surface area contributed by atoms with Crippen LogP contribution in [-0.4, -0.2) is 29.1 Å². The topological polar surface area (TPSA) is 62.5 Å². The standard InChI is InChI=1S/C11H15NO3S/c1-2-6-16-7-5-12-8-9-3-4-10(15-9)11(13)14/h2-4,12H,1,5-8H2,(H,13,14). The van der Waals surface area contributed by atoms with Crippen molar-refractivity contribution >= 4 is 17.7 Å². The van der Waals surface area contributed by atoms with Crippen molar-refractivity contribution < 1.29 is 14.3 Å². The summed E-state index contributed by atoms with van der Waals surface area (Å²) in [7, 11) is 0. The van der Waals surface area contributed by atoms with Crippen molar-refractivity contribution in [3.63, 3.8) is 0 Å². The molecule has 1 heterocycles. The quantitative estimate of drug-likeness (QED) is 0.538. The van der Waals surface area contributed by atoms with Gasteiger partial charge in [0, 0.05) is 18.1 Å². The summed E-state index contributed by atoms with van der Waals surface area (Å²) in [5, 5.41) is 11.8. The van der Waals surface area contributed by atoms with E-state index >= 15 is 0 Å². The van der Waals surface area contributed by atoms with Gasteiger partial charge in [0.05, 0.1) is 6.54 Å². The summed E-state index contributed by atoms with van der Waals surface area (Å²) in [6.07, 6.45) is 1.87. The predicted molar refractivity (Wildman–Crippen MR) is 64.9 cm³/mol. The van der Waals surface area contributed by atoms with E-state index in [2.05, 4.69) is 11.9 Å². The van der Waals surface area contributed by atoms with Gasteiger partial charge in [0.2, 0.25) is 5.76 Å². The molecule has 1 rings (SSSR count). The molecule has 0 aliphatic heterocycles. The fourth-order valence-electron chi connectivity index (χ4n) is 1.11. The zero-order valence-electron chi connectivity index (χ0n) is 8.94. The summed E-state index contributed by atoms with van der Waals surface area (Å²) in [4.78, 5) is 10.5. The first-order chi connectivity index (χ1) is 7.74. The van der Waals surface area contributed by atoms with Crippen LogP contribution in [0.5, 0.6) is 0 Å². The molecule has 0 aliphatic rings. The Morgan fingerprint density at radius 1 is 1.62 bits per heavy atom. The molecule has 16 heavy (non-hydrogen) atoms. The van der Waals surface area contributed by atoms with Gasteiger partial charge in [0.15, 0.2) is 0 Å². The first kappa shape index (κ1) is 12.9. The van der Waals surface area contributed by atoms with Crippen molar-refractivity contribution in [3.05, 3.63) is 36.3 Å². The Bertz CT molecular complexity index is 349. The summed E-state index contributed by atoms with van der Waals surface area (Å²) >= 11 is 1.79. The number of thioether (sulfide) groups is 1. The molecule has 1 aromatic rings. The zero-order valence-corrected chi connectivity index (χ0v) is 9.76. The van der Waals surface area contributed by atoms with Crippen LogP contribution in [0, 0.1) is 0 Å². The number of hydrogen-bond acceptors (Lipinski definition) is 4.